The van der Waals surface area contributed by atoms with Gasteiger partial charge in [0.15, 0.2) is 5.78 Å². The molecule has 1 unspecified atom stereocenters. The Morgan fingerprint density at radius 1 is 1.60 bits per heavy atom. The van der Waals surface area contributed by atoms with Crippen LogP contribution in [0.15, 0.2) is 0 Å². The van der Waals surface area contributed by atoms with Gasteiger partial charge in [0.25, 0.3) is 0 Å². The summed E-state index contributed by atoms with van der Waals surface area (Å²) in [5.74, 6) is -1.98. The first-order chi connectivity index (χ1) is 4.63. The molecule has 1 amide bonds. The summed E-state index contributed by atoms with van der Waals surface area (Å²) in [6, 6.07) is 0. The number of carbonyl (C=O) groups is 2. The van der Waals surface area contributed by atoms with Crippen molar-refractivity contribution in [1.29, 1.82) is 0 Å². The molecule has 0 rings (SSSR count). The number of rotatable bonds is 4. The molecule has 0 fully saturated rings. The first-order valence-corrected chi connectivity index (χ1v) is 3.06. The molecule has 10 heavy (non-hydrogen) atoms. The van der Waals surface area contributed by atoms with Crippen LogP contribution < -0.4 is 5.73 Å². The molecule has 58 valence electrons. The average Bonchev–Trinajstić information content (AvgIpc) is 1.88. The minimum atomic E-state index is -0.815. The Balaban J connectivity index is 4.06. The number of Topliss-reactive ketones (excluding diaryl/α,β-unsaturated/α-hetero) is 1. The van der Waals surface area contributed by atoms with Crippen molar-refractivity contribution in [3.05, 3.63) is 0 Å². The third-order valence-electron chi connectivity index (χ3n) is 1.30. The second-order valence-electron chi connectivity index (χ2n) is 1.99. The van der Waals surface area contributed by atoms with E-state index in [0.29, 0.717) is 6.42 Å². The molecule has 0 aliphatic rings. The van der Waals surface area contributed by atoms with E-state index in [4.69, 9.17) is 10.8 Å². The van der Waals surface area contributed by atoms with Crippen LogP contribution in [0.3, 0.4) is 0 Å². The number of primary amides is 1. The van der Waals surface area contributed by atoms with Gasteiger partial charge in [-0.25, -0.2) is 0 Å². The fourth-order valence-corrected chi connectivity index (χ4v) is 0.698. The fraction of sp³-hybridized carbons (Fsp3) is 0.667. The maximum Gasteiger partial charge on any atom is 0.228 e. The Morgan fingerprint density at radius 2 is 2.10 bits per heavy atom. The Labute approximate surface area is 59.0 Å². The van der Waals surface area contributed by atoms with Gasteiger partial charge >= 0.3 is 0 Å². The number of aliphatic hydroxyl groups excluding tert-OH is 1. The summed E-state index contributed by atoms with van der Waals surface area (Å²) in [5.41, 5.74) is 4.85. The van der Waals surface area contributed by atoms with Gasteiger partial charge in [-0.2, -0.15) is 0 Å². The second-order valence-corrected chi connectivity index (χ2v) is 1.99. The SMILES string of the molecule is CCC(C(N)=O)C(=O)CO. The molecule has 0 aromatic heterocycles. The Hall–Kier alpha value is -0.900. The zero-order valence-electron chi connectivity index (χ0n) is 5.83. The molecular formula is C6H11NO3. The Morgan fingerprint density at radius 3 is 2.20 bits per heavy atom. The smallest absolute Gasteiger partial charge is 0.228 e. The summed E-state index contributed by atoms with van der Waals surface area (Å²) in [4.78, 5) is 21.1. The first-order valence-electron chi connectivity index (χ1n) is 3.06. The molecule has 0 bridgehead atoms. The van der Waals surface area contributed by atoms with E-state index in [1.54, 1.807) is 6.92 Å². The van der Waals surface area contributed by atoms with Crippen LogP contribution in [0.1, 0.15) is 13.3 Å². The van der Waals surface area contributed by atoms with Crippen LogP contribution in [-0.4, -0.2) is 23.4 Å². The number of nitrogens with two attached hydrogens (primary N) is 1. The van der Waals surface area contributed by atoms with Gasteiger partial charge in [-0.15, -0.1) is 0 Å². The van der Waals surface area contributed by atoms with Crippen molar-refractivity contribution in [3.8, 4) is 0 Å². The van der Waals surface area contributed by atoms with Crippen LogP contribution in [-0.2, 0) is 9.59 Å². The Bertz CT molecular complexity index is 144. The minimum Gasteiger partial charge on any atom is -0.389 e. The van der Waals surface area contributed by atoms with E-state index in [1.807, 2.05) is 0 Å². The highest BCUT2D eigenvalue weighted by Crippen LogP contribution is 2.01. The lowest BCUT2D eigenvalue weighted by Gasteiger charge is -2.05. The molecule has 0 aromatic carbocycles. The fourth-order valence-electron chi connectivity index (χ4n) is 0.698. The van der Waals surface area contributed by atoms with E-state index in [1.165, 1.54) is 0 Å². The van der Waals surface area contributed by atoms with Gasteiger partial charge in [0.2, 0.25) is 5.91 Å². The molecule has 0 saturated heterocycles. The van der Waals surface area contributed by atoms with Crippen molar-refractivity contribution in [1.82, 2.24) is 0 Å². The van der Waals surface area contributed by atoms with Crippen LogP contribution in [0.2, 0.25) is 0 Å². The van der Waals surface area contributed by atoms with Gasteiger partial charge < -0.3 is 10.8 Å². The van der Waals surface area contributed by atoms with Crippen molar-refractivity contribution < 1.29 is 14.7 Å². The summed E-state index contributed by atoms with van der Waals surface area (Å²) in [5, 5.41) is 8.33. The van der Waals surface area contributed by atoms with E-state index in [-0.39, 0.29) is 0 Å². The van der Waals surface area contributed by atoms with E-state index in [9.17, 15) is 9.59 Å². The van der Waals surface area contributed by atoms with E-state index < -0.39 is 24.2 Å². The normalized spacial score (nSPS) is 12.6. The quantitative estimate of drug-likeness (QED) is 0.501. The van der Waals surface area contributed by atoms with Crippen LogP contribution in [0, 0.1) is 5.92 Å². The van der Waals surface area contributed by atoms with Crippen molar-refractivity contribution in [2.24, 2.45) is 11.7 Å². The highest BCUT2D eigenvalue weighted by Gasteiger charge is 2.20. The van der Waals surface area contributed by atoms with E-state index in [0.717, 1.165) is 0 Å². The molecule has 0 saturated carbocycles. The summed E-state index contributed by atoms with van der Waals surface area (Å²) in [7, 11) is 0. The maximum atomic E-state index is 10.6. The van der Waals surface area contributed by atoms with Crippen molar-refractivity contribution in [2.75, 3.05) is 6.61 Å². The third kappa shape index (κ3) is 2.14. The molecule has 1 atom stereocenters. The van der Waals surface area contributed by atoms with Gasteiger partial charge in [-0.1, -0.05) is 6.92 Å². The van der Waals surface area contributed by atoms with Crippen LogP contribution in [0.5, 0.6) is 0 Å². The van der Waals surface area contributed by atoms with E-state index in [2.05, 4.69) is 0 Å². The standard InChI is InChI=1S/C6H11NO3/c1-2-4(6(7)10)5(9)3-8/h4,8H,2-3H2,1H3,(H2,7,10). The van der Waals surface area contributed by atoms with E-state index >= 15 is 0 Å². The molecule has 3 N–H and O–H groups in total. The minimum absolute atomic E-state index is 0.356. The molecule has 0 aliphatic heterocycles. The molecule has 0 heterocycles. The molecule has 4 heteroatoms. The average molecular weight is 145 g/mol. The molecule has 0 spiro atoms. The molecule has 0 aromatic rings. The third-order valence-corrected chi connectivity index (χ3v) is 1.30. The van der Waals surface area contributed by atoms with Crippen molar-refractivity contribution in [2.45, 2.75) is 13.3 Å². The van der Waals surface area contributed by atoms with Crippen molar-refractivity contribution >= 4 is 11.7 Å². The number of carbonyl (C=O) groups excluding carboxylic acids is 2. The van der Waals surface area contributed by atoms with Gasteiger partial charge in [-0.05, 0) is 6.42 Å². The topological polar surface area (TPSA) is 80.4 Å². The van der Waals surface area contributed by atoms with Crippen LogP contribution >= 0.6 is 0 Å². The van der Waals surface area contributed by atoms with Gasteiger partial charge in [-0.3, -0.25) is 9.59 Å². The number of aliphatic hydroxyl groups is 1. The predicted molar refractivity (Wildman–Crippen MR) is 35.1 cm³/mol. The zero-order chi connectivity index (χ0) is 8.15. The molecule has 0 aliphatic carbocycles. The molecule has 4 nitrogen and oxygen atoms in total. The highest BCUT2D eigenvalue weighted by molar-refractivity contribution is 6.01. The largest absolute Gasteiger partial charge is 0.389 e. The first kappa shape index (κ1) is 9.10. The van der Waals surface area contributed by atoms with Gasteiger partial charge in [0, 0.05) is 0 Å². The lowest BCUT2D eigenvalue weighted by atomic mass is 10.0. The monoisotopic (exact) mass is 145 g/mol. The summed E-state index contributed by atoms with van der Waals surface area (Å²) in [6.45, 7) is 1.06. The zero-order valence-corrected chi connectivity index (χ0v) is 5.83. The second kappa shape index (κ2) is 4.00. The summed E-state index contributed by atoms with van der Waals surface area (Å²) < 4.78 is 0. The van der Waals surface area contributed by atoms with Crippen LogP contribution in [0.4, 0.5) is 0 Å². The lowest BCUT2D eigenvalue weighted by molar-refractivity contribution is -0.134. The number of ketones is 1. The number of hydrogen-bond donors (Lipinski definition) is 2. The van der Waals surface area contributed by atoms with Crippen molar-refractivity contribution in [3.63, 3.8) is 0 Å². The Kier molecular flexibility index (Phi) is 3.64. The van der Waals surface area contributed by atoms with Gasteiger partial charge in [0.1, 0.15) is 6.61 Å². The molecule has 0 radical (unpaired) electrons. The lowest BCUT2D eigenvalue weighted by Crippen LogP contribution is -2.31. The number of hydrogen-bond acceptors (Lipinski definition) is 3. The van der Waals surface area contributed by atoms with Gasteiger partial charge in [0.05, 0.1) is 5.92 Å². The predicted octanol–water partition coefficient (Wildman–Crippen LogP) is -0.941. The number of amides is 1. The van der Waals surface area contributed by atoms with Crippen LogP contribution in [0.25, 0.3) is 0 Å². The summed E-state index contributed by atoms with van der Waals surface area (Å²) >= 11 is 0. The molecular weight excluding hydrogens is 134 g/mol. The summed E-state index contributed by atoms with van der Waals surface area (Å²) in [6.07, 6.45) is 0.356. The highest BCUT2D eigenvalue weighted by atomic mass is 16.3. The maximum absolute atomic E-state index is 10.6.